The van der Waals surface area contributed by atoms with Crippen molar-refractivity contribution in [2.75, 3.05) is 13.6 Å². The molecule has 0 unspecified atom stereocenters. The van der Waals surface area contributed by atoms with Crippen LogP contribution in [0.5, 0.6) is 0 Å². The van der Waals surface area contributed by atoms with Gasteiger partial charge in [0.1, 0.15) is 5.84 Å². The molecule has 1 fully saturated rings. The number of hydrogen-bond acceptors (Lipinski definition) is 3. The van der Waals surface area contributed by atoms with Crippen molar-refractivity contribution in [3.05, 3.63) is 0 Å². The first-order chi connectivity index (χ1) is 8.44. The number of unbranched alkanes of at least 4 members (excludes halogenated alkanes) is 1. The van der Waals surface area contributed by atoms with E-state index in [0.717, 1.165) is 25.4 Å². The van der Waals surface area contributed by atoms with Crippen LogP contribution in [0.3, 0.4) is 0 Å². The fraction of sp³-hybridized carbons (Fsp3) is 0.929. The normalized spacial score (nSPS) is 21.4. The Balaban J connectivity index is 2.16. The molecule has 4 heteroatoms. The van der Waals surface area contributed by atoms with E-state index in [2.05, 4.69) is 31.0 Å². The van der Waals surface area contributed by atoms with Crippen molar-refractivity contribution >= 4 is 5.84 Å². The first-order valence-electron chi connectivity index (χ1n) is 7.11. The summed E-state index contributed by atoms with van der Waals surface area (Å²) >= 11 is 0. The van der Waals surface area contributed by atoms with E-state index in [1.165, 1.54) is 25.7 Å². The highest BCUT2D eigenvalue weighted by molar-refractivity contribution is 5.79. The van der Waals surface area contributed by atoms with Gasteiger partial charge in [-0.05, 0) is 57.5 Å². The van der Waals surface area contributed by atoms with Gasteiger partial charge in [0.15, 0.2) is 0 Å². The van der Waals surface area contributed by atoms with E-state index in [-0.39, 0.29) is 0 Å². The summed E-state index contributed by atoms with van der Waals surface area (Å²) in [5, 5.41) is 11.4. The van der Waals surface area contributed by atoms with E-state index in [9.17, 15) is 0 Å². The maximum absolute atomic E-state index is 8.45. The molecule has 0 atom stereocenters. The molecule has 1 aliphatic carbocycles. The van der Waals surface area contributed by atoms with Crippen LogP contribution in [0.4, 0.5) is 0 Å². The van der Waals surface area contributed by atoms with E-state index in [1.54, 1.807) is 0 Å². The van der Waals surface area contributed by atoms with Crippen LogP contribution in [0, 0.1) is 5.41 Å². The molecule has 4 nitrogen and oxygen atoms in total. The molecule has 0 bridgehead atoms. The van der Waals surface area contributed by atoms with Gasteiger partial charge in [-0.15, -0.1) is 0 Å². The van der Waals surface area contributed by atoms with E-state index >= 15 is 0 Å². The maximum atomic E-state index is 8.45. The molecule has 0 amide bonds. The van der Waals surface area contributed by atoms with Crippen LogP contribution in [-0.2, 0) is 0 Å². The molecule has 0 radical (unpaired) electrons. The quantitative estimate of drug-likeness (QED) is 0.252. The highest BCUT2D eigenvalue weighted by atomic mass is 16.4. The minimum absolute atomic E-state index is 0.345. The summed E-state index contributed by atoms with van der Waals surface area (Å²) in [5.41, 5.74) is 5.99. The molecule has 0 saturated heterocycles. The molecule has 1 aliphatic rings. The zero-order chi connectivity index (χ0) is 13.6. The van der Waals surface area contributed by atoms with Crippen molar-refractivity contribution in [3.63, 3.8) is 0 Å². The van der Waals surface area contributed by atoms with Crippen LogP contribution >= 0.6 is 0 Å². The van der Waals surface area contributed by atoms with Crippen LogP contribution in [0.2, 0.25) is 0 Å². The van der Waals surface area contributed by atoms with Gasteiger partial charge in [0.2, 0.25) is 0 Å². The van der Waals surface area contributed by atoms with Crippen LogP contribution in [0.25, 0.3) is 0 Å². The topological polar surface area (TPSA) is 61.8 Å². The average Bonchev–Trinajstić information content (AvgIpc) is 2.33. The Kier molecular flexibility index (Phi) is 5.93. The zero-order valence-corrected chi connectivity index (χ0v) is 12.2. The van der Waals surface area contributed by atoms with E-state index < -0.39 is 0 Å². The number of rotatable bonds is 6. The van der Waals surface area contributed by atoms with Crippen molar-refractivity contribution in [3.8, 4) is 0 Å². The molecule has 106 valence electrons. The van der Waals surface area contributed by atoms with E-state index in [0.29, 0.717) is 17.7 Å². The van der Waals surface area contributed by atoms with Crippen LogP contribution < -0.4 is 5.73 Å². The molecule has 1 saturated carbocycles. The predicted molar refractivity (Wildman–Crippen MR) is 75.9 cm³/mol. The van der Waals surface area contributed by atoms with Gasteiger partial charge in [0, 0.05) is 12.5 Å². The van der Waals surface area contributed by atoms with Crippen molar-refractivity contribution in [1.29, 1.82) is 0 Å². The molecular formula is C14H29N3O. The summed E-state index contributed by atoms with van der Waals surface area (Å²) < 4.78 is 0. The summed E-state index contributed by atoms with van der Waals surface area (Å²) in [6.45, 7) is 5.87. The summed E-state index contributed by atoms with van der Waals surface area (Å²) in [6.07, 6.45) is 8.14. The Bertz CT molecular complexity index is 266. The Hall–Kier alpha value is -0.770. The fourth-order valence-corrected chi connectivity index (χ4v) is 2.72. The summed E-state index contributed by atoms with van der Waals surface area (Å²) in [7, 11) is 2.23. The molecule has 18 heavy (non-hydrogen) atoms. The van der Waals surface area contributed by atoms with Crippen molar-refractivity contribution in [1.82, 2.24) is 4.90 Å². The van der Waals surface area contributed by atoms with Crippen LogP contribution in [0.15, 0.2) is 5.16 Å². The van der Waals surface area contributed by atoms with Gasteiger partial charge in [-0.1, -0.05) is 19.0 Å². The number of amidine groups is 1. The molecule has 1 rings (SSSR count). The first-order valence-corrected chi connectivity index (χ1v) is 7.11. The molecule has 0 aromatic carbocycles. The largest absolute Gasteiger partial charge is 0.409 e. The Morgan fingerprint density at radius 3 is 2.50 bits per heavy atom. The van der Waals surface area contributed by atoms with Crippen molar-refractivity contribution < 1.29 is 5.21 Å². The van der Waals surface area contributed by atoms with E-state index in [4.69, 9.17) is 10.9 Å². The van der Waals surface area contributed by atoms with Crippen LogP contribution in [0.1, 0.15) is 58.8 Å². The molecule has 0 spiro atoms. The smallest absolute Gasteiger partial charge is 0.139 e. The van der Waals surface area contributed by atoms with Crippen LogP contribution in [-0.4, -0.2) is 35.6 Å². The number of oxime groups is 1. The summed E-state index contributed by atoms with van der Waals surface area (Å²) in [6, 6.07) is 0.752. The Morgan fingerprint density at radius 2 is 1.94 bits per heavy atom. The maximum Gasteiger partial charge on any atom is 0.139 e. The fourth-order valence-electron chi connectivity index (χ4n) is 2.72. The second-order valence-electron chi connectivity index (χ2n) is 6.42. The highest BCUT2D eigenvalue weighted by Crippen LogP contribution is 2.36. The van der Waals surface area contributed by atoms with Gasteiger partial charge in [-0.25, -0.2) is 0 Å². The standard InChI is InChI=1S/C14H29N3O/c1-14(2)9-7-12(8-10-14)17(3)11-5-4-6-13(15)16-18/h12,18H,4-11H2,1-3H3,(H2,15,16). The molecule has 0 heterocycles. The van der Waals surface area contributed by atoms with E-state index in [1.807, 2.05) is 0 Å². The van der Waals surface area contributed by atoms with Crippen molar-refractivity contribution in [2.24, 2.45) is 16.3 Å². The number of nitrogens with two attached hydrogens (primary N) is 1. The lowest BCUT2D eigenvalue weighted by Crippen LogP contribution is -2.37. The minimum atomic E-state index is 0.345. The van der Waals surface area contributed by atoms with Gasteiger partial charge in [-0.2, -0.15) is 0 Å². The van der Waals surface area contributed by atoms with Gasteiger partial charge < -0.3 is 15.8 Å². The van der Waals surface area contributed by atoms with Crippen molar-refractivity contribution in [2.45, 2.75) is 64.8 Å². The molecular weight excluding hydrogens is 226 g/mol. The molecule has 0 aromatic heterocycles. The second-order valence-corrected chi connectivity index (χ2v) is 6.42. The average molecular weight is 255 g/mol. The second kappa shape index (κ2) is 6.98. The molecule has 0 aliphatic heterocycles. The minimum Gasteiger partial charge on any atom is -0.409 e. The predicted octanol–water partition coefficient (Wildman–Crippen LogP) is 2.80. The number of hydrogen-bond donors (Lipinski definition) is 2. The third-order valence-electron chi connectivity index (χ3n) is 4.25. The third-order valence-corrected chi connectivity index (χ3v) is 4.25. The van der Waals surface area contributed by atoms with Gasteiger partial charge in [0.05, 0.1) is 0 Å². The lowest BCUT2D eigenvalue weighted by atomic mass is 9.75. The number of nitrogens with zero attached hydrogens (tertiary/aromatic N) is 2. The van der Waals surface area contributed by atoms with Gasteiger partial charge in [0.25, 0.3) is 0 Å². The highest BCUT2D eigenvalue weighted by Gasteiger charge is 2.28. The molecule has 0 aromatic rings. The Labute approximate surface area is 111 Å². The first kappa shape index (κ1) is 15.3. The molecule has 3 N–H and O–H groups in total. The van der Waals surface area contributed by atoms with Gasteiger partial charge >= 0.3 is 0 Å². The summed E-state index contributed by atoms with van der Waals surface area (Å²) in [4.78, 5) is 2.49. The SMILES string of the molecule is CN(CCCCC(N)=NO)C1CCC(C)(C)CC1. The Morgan fingerprint density at radius 1 is 1.33 bits per heavy atom. The monoisotopic (exact) mass is 255 g/mol. The summed E-state index contributed by atoms with van der Waals surface area (Å²) in [5.74, 6) is 0.345. The lowest BCUT2D eigenvalue weighted by molar-refractivity contribution is 0.126. The lowest BCUT2D eigenvalue weighted by Gasteiger charge is -2.38. The van der Waals surface area contributed by atoms with Gasteiger partial charge in [-0.3, -0.25) is 0 Å². The zero-order valence-electron chi connectivity index (χ0n) is 12.2. The third kappa shape index (κ3) is 5.25.